The zero-order valence-corrected chi connectivity index (χ0v) is 16.6. The van der Waals surface area contributed by atoms with Crippen LogP contribution < -0.4 is 0 Å². The van der Waals surface area contributed by atoms with Gasteiger partial charge >= 0.3 is 0 Å². The lowest BCUT2D eigenvalue weighted by Crippen LogP contribution is -2.61. The van der Waals surface area contributed by atoms with Gasteiger partial charge in [-0.2, -0.15) is 0 Å². The highest BCUT2D eigenvalue weighted by Gasteiger charge is 2.45. The Hall–Kier alpha value is -0.660. The van der Waals surface area contributed by atoms with E-state index in [4.69, 9.17) is 16.3 Å². The molecule has 3 atom stereocenters. The Morgan fingerprint density at radius 3 is 2.27 bits per heavy atom. The summed E-state index contributed by atoms with van der Waals surface area (Å²) < 4.78 is 33.3. The number of sulfonamides is 1. The number of hydrogen-bond donors (Lipinski definition) is 0. The normalized spacial score (nSPS) is 31.0. The van der Waals surface area contributed by atoms with Gasteiger partial charge < -0.3 is 4.74 Å². The third-order valence-corrected chi connectivity index (χ3v) is 8.15. The van der Waals surface area contributed by atoms with Crippen LogP contribution in [0.2, 0.25) is 5.02 Å². The summed E-state index contributed by atoms with van der Waals surface area (Å²) >= 11 is 5.91. The third-order valence-electron chi connectivity index (χ3n) is 6.12. The average molecular weight is 399 g/mol. The third kappa shape index (κ3) is 3.94. The van der Waals surface area contributed by atoms with Crippen LogP contribution in [0.15, 0.2) is 24.3 Å². The number of nitrogens with zero attached hydrogens (tertiary/aromatic N) is 2. The molecule has 1 aliphatic carbocycles. The van der Waals surface area contributed by atoms with Crippen LogP contribution in [0.4, 0.5) is 0 Å². The number of morpholine rings is 1. The van der Waals surface area contributed by atoms with Crippen LogP contribution in [0.25, 0.3) is 0 Å². The highest BCUT2D eigenvalue weighted by molar-refractivity contribution is 7.88. The predicted octanol–water partition coefficient (Wildman–Crippen LogP) is 2.60. The first-order valence-electron chi connectivity index (χ1n) is 9.57. The van der Waals surface area contributed by atoms with Gasteiger partial charge in [0.15, 0.2) is 0 Å². The first kappa shape index (κ1) is 18.7. The van der Waals surface area contributed by atoms with Crippen LogP contribution >= 0.6 is 11.6 Å². The maximum atomic E-state index is 13.0. The van der Waals surface area contributed by atoms with E-state index in [-0.39, 0.29) is 5.75 Å². The Bertz CT molecular complexity index is 705. The van der Waals surface area contributed by atoms with E-state index >= 15 is 0 Å². The molecule has 2 heterocycles. The number of piperidine rings is 1. The van der Waals surface area contributed by atoms with Crippen LogP contribution in [0.3, 0.4) is 0 Å². The van der Waals surface area contributed by atoms with Crippen molar-refractivity contribution >= 4 is 21.6 Å². The van der Waals surface area contributed by atoms with Gasteiger partial charge in [0.25, 0.3) is 0 Å². The molecule has 2 saturated heterocycles. The monoisotopic (exact) mass is 398 g/mol. The standard InChI is InChI=1S/C19H27ClN2O3S/c20-18-6-4-15(5-7-18)14-26(23,24)22-12-16-2-1-3-17(13-22)19(16)21-8-10-25-11-9-21/h4-7,16-17,19H,1-3,8-14H2/t16-,17+,19?. The molecular formula is C19H27ClN2O3S. The van der Waals surface area contributed by atoms with Gasteiger partial charge in [0.1, 0.15) is 0 Å². The van der Waals surface area contributed by atoms with Crippen molar-refractivity contribution in [2.45, 2.75) is 31.1 Å². The van der Waals surface area contributed by atoms with Crippen molar-refractivity contribution in [3.05, 3.63) is 34.9 Å². The van der Waals surface area contributed by atoms with E-state index < -0.39 is 10.0 Å². The fraction of sp³-hybridized carbons (Fsp3) is 0.684. The van der Waals surface area contributed by atoms with E-state index in [0.29, 0.717) is 36.0 Å². The fourth-order valence-corrected chi connectivity index (χ4v) is 6.71. The number of rotatable bonds is 4. The van der Waals surface area contributed by atoms with Gasteiger partial charge in [-0.25, -0.2) is 12.7 Å². The van der Waals surface area contributed by atoms with Crippen LogP contribution in [0, 0.1) is 11.8 Å². The Morgan fingerprint density at radius 2 is 1.65 bits per heavy atom. The summed E-state index contributed by atoms with van der Waals surface area (Å²) in [6, 6.07) is 7.65. The van der Waals surface area contributed by atoms with Crippen molar-refractivity contribution in [3.63, 3.8) is 0 Å². The second-order valence-corrected chi connectivity index (χ2v) is 10.2. The predicted molar refractivity (Wildman–Crippen MR) is 103 cm³/mol. The first-order valence-corrected chi connectivity index (χ1v) is 11.6. The van der Waals surface area contributed by atoms with Gasteiger partial charge in [0.05, 0.1) is 19.0 Å². The number of ether oxygens (including phenoxy) is 1. The van der Waals surface area contributed by atoms with Crippen molar-refractivity contribution in [2.75, 3.05) is 39.4 Å². The topological polar surface area (TPSA) is 49.9 Å². The smallest absolute Gasteiger partial charge is 0.218 e. The Labute approximate surface area is 161 Å². The molecule has 1 unspecified atom stereocenters. The summed E-state index contributed by atoms with van der Waals surface area (Å²) in [5, 5.41) is 0.631. The van der Waals surface area contributed by atoms with E-state index in [9.17, 15) is 8.42 Å². The summed E-state index contributed by atoms with van der Waals surface area (Å²) in [5.74, 6) is 0.951. The molecule has 2 aliphatic heterocycles. The second-order valence-electron chi connectivity index (χ2n) is 7.79. The first-order chi connectivity index (χ1) is 12.5. The number of hydrogen-bond acceptors (Lipinski definition) is 4. The van der Waals surface area contributed by atoms with Crippen molar-refractivity contribution in [1.82, 2.24) is 9.21 Å². The van der Waals surface area contributed by atoms with Crippen molar-refractivity contribution in [1.29, 1.82) is 0 Å². The largest absolute Gasteiger partial charge is 0.379 e. The maximum Gasteiger partial charge on any atom is 0.218 e. The molecule has 1 aromatic carbocycles. The van der Waals surface area contributed by atoms with E-state index in [1.165, 1.54) is 6.42 Å². The molecule has 0 spiro atoms. The van der Waals surface area contributed by atoms with Gasteiger partial charge in [-0.15, -0.1) is 0 Å². The minimum Gasteiger partial charge on any atom is -0.379 e. The summed E-state index contributed by atoms with van der Waals surface area (Å²) in [5.41, 5.74) is 0.801. The molecule has 5 nitrogen and oxygen atoms in total. The Balaban J connectivity index is 1.48. The van der Waals surface area contributed by atoms with Crippen molar-refractivity contribution in [2.24, 2.45) is 11.8 Å². The molecule has 26 heavy (non-hydrogen) atoms. The molecule has 0 aromatic heterocycles. The highest BCUT2D eigenvalue weighted by atomic mass is 35.5. The van der Waals surface area contributed by atoms with Gasteiger partial charge in [-0.05, 0) is 42.4 Å². The maximum absolute atomic E-state index is 13.0. The molecule has 1 saturated carbocycles. The Morgan fingerprint density at radius 1 is 1.04 bits per heavy atom. The lowest BCUT2D eigenvalue weighted by atomic mass is 9.73. The van der Waals surface area contributed by atoms with Crippen molar-refractivity contribution < 1.29 is 13.2 Å². The van der Waals surface area contributed by atoms with E-state index in [1.54, 1.807) is 28.6 Å². The van der Waals surface area contributed by atoms with Gasteiger partial charge in [0, 0.05) is 37.2 Å². The lowest BCUT2D eigenvalue weighted by molar-refractivity contribution is -0.0480. The zero-order valence-electron chi connectivity index (χ0n) is 15.0. The molecule has 2 bridgehead atoms. The van der Waals surface area contributed by atoms with Gasteiger partial charge in [-0.3, -0.25) is 4.90 Å². The highest BCUT2D eigenvalue weighted by Crippen LogP contribution is 2.39. The molecule has 0 radical (unpaired) electrons. The molecule has 7 heteroatoms. The number of fused-ring (bicyclic) bond motifs is 2. The van der Waals surface area contributed by atoms with E-state index in [2.05, 4.69) is 4.90 Å². The fourth-order valence-electron chi connectivity index (χ4n) is 4.95. The summed E-state index contributed by atoms with van der Waals surface area (Å²) in [4.78, 5) is 2.56. The summed E-state index contributed by atoms with van der Waals surface area (Å²) in [7, 11) is -3.30. The lowest BCUT2D eigenvalue weighted by Gasteiger charge is -2.51. The summed E-state index contributed by atoms with van der Waals surface area (Å²) in [6.45, 7) is 4.89. The van der Waals surface area contributed by atoms with Crippen molar-refractivity contribution in [3.8, 4) is 0 Å². The number of halogens is 1. The molecule has 4 rings (SSSR count). The molecular weight excluding hydrogens is 372 g/mol. The van der Waals surface area contributed by atoms with Crippen LogP contribution in [0.5, 0.6) is 0 Å². The molecule has 0 amide bonds. The summed E-state index contributed by atoms with van der Waals surface area (Å²) in [6.07, 6.45) is 3.48. The van der Waals surface area contributed by atoms with E-state index in [0.717, 1.165) is 44.7 Å². The Kier molecular flexibility index (Phi) is 5.58. The average Bonchev–Trinajstić information content (AvgIpc) is 2.63. The minimum absolute atomic E-state index is 0.0613. The SMILES string of the molecule is O=S(=O)(Cc1ccc(Cl)cc1)N1C[C@H]2CCC[C@@H](C1)C2N1CCOCC1. The van der Waals surface area contributed by atoms with Crippen LogP contribution in [0.1, 0.15) is 24.8 Å². The molecule has 0 N–H and O–H groups in total. The second kappa shape index (κ2) is 7.76. The zero-order chi connectivity index (χ0) is 18.1. The van der Waals surface area contributed by atoms with Gasteiger partial charge in [-0.1, -0.05) is 30.2 Å². The van der Waals surface area contributed by atoms with Crippen LogP contribution in [-0.2, 0) is 20.5 Å². The minimum atomic E-state index is -3.30. The molecule has 3 aliphatic rings. The molecule has 1 aromatic rings. The number of benzene rings is 1. The van der Waals surface area contributed by atoms with Crippen LogP contribution in [-0.4, -0.2) is 63.1 Å². The quantitative estimate of drug-likeness (QED) is 0.782. The van der Waals surface area contributed by atoms with E-state index in [1.807, 2.05) is 0 Å². The molecule has 3 fully saturated rings. The van der Waals surface area contributed by atoms with Gasteiger partial charge in [0.2, 0.25) is 10.0 Å². The molecule has 144 valence electrons.